The minimum Gasteiger partial charge on any atom is -0.496 e. The summed E-state index contributed by atoms with van der Waals surface area (Å²) in [4.78, 5) is 24.5. The highest BCUT2D eigenvalue weighted by atomic mass is 32.2. The Kier molecular flexibility index (Phi) is 12.4. The number of aliphatic hydroxyl groups is 1. The average Bonchev–Trinajstić information content (AvgIpc) is 3.13. The number of benzene rings is 4. The quantitative estimate of drug-likeness (QED) is 0.0690. The largest absolute Gasteiger partial charge is 0.496 e. The first kappa shape index (κ1) is 34.2. The number of carbonyl (C=O) groups excluding carboxylic acids is 2. The van der Waals surface area contributed by atoms with Crippen molar-refractivity contribution in [3.8, 4) is 16.9 Å². The van der Waals surface area contributed by atoms with E-state index in [1.54, 1.807) is 24.4 Å². The van der Waals surface area contributed by atoms with E-state index in [1.807, 2.05) is 91.0 Å². The van der Waals surface area contributed by atoms with Crippen molar-refractivity contribution in [2.24, 2.45) is 0 Å². The lowest BCUT2D eigenvalue weighted by molar-refractivity contribution is -0.245. The Morgan fingerprint density at radius 2 is 1.60 bits per heavy atom. The van der Waals surface area contributed by atoms with E-state index in [4.69, 9.17) is 19.4 Å². The molecule has 2 amide bonds. The van der Waals surface area contributed by atoms with Gasteiger partial charge in [0.25, 0.3) is 0 Å². The Hall–Kier alpha value is -4.19. The third kappa shape index (κ3) is 9.66. The molecule has 0 radical (unpaired) electrons. The molecule has 47 heavy (non-hydrogen) atoms. The Balaban J connectivity index is 1.30. The number of rotatable bonds is 14. The number of ether oxygens (including phenoxy) is 3. The van der Waals surface area contributed by atoms with Crippen molar-refractivity contribution in [1.82, 2.24) is 10.8 Å². The lowest BCUT2D eigenvalue weighted by Gasteiger charge is -2.36. The van der Waals surface area contributed by atoms with Gasteiger partial charge in [0.1, 0.15) is 5.75 Å². The standard InChI is InChI=1S/C37H40N2O7S/c1-44-32-11-2-3-12-34(32)47-24-31-21-33(27-17-15-25(23-40)16-18-27)46-37(45-31)30-10-5-9-29(20-30)28-8-4-7-26(19-28)22-38-35(41)13-6-14-36(42)39-43/h2-5,7-12,15-20,31,33,37,40,43H,6,13-14,21-24H2,1H3,(H,38,41)(H,39,42)/t31-,33+,37+/m0/s1. The van der Waals surface area contributed by atoms with E-state index in [2.05, 4.69) is 11.4 Å². The van der Waals surface area contributed by atoms with Crippen LogP contribution in [0.2, 0.25) is 0 Å². The van der Waals surface area contributed by atoms with E-state index in [9.17, 15) is 14.7 Å². The topological polar surface area (TPSA) is 126 Å². The molecule has 9 nitrogen and oxygen atoms in total. The van der Waals surface area contributed by atoms with Crippen molar-refractivity contribution in [3.05, 3.63) is 119 Å². The van der Waals surface area contributed by atoms with Gasteiger partial charge in [-0.2, -0.15) is 0 Å². The average molecular weight is 657 g/mol. The van der Waals surface area contributed by atoms with Crippen LogP contribution < -0.4 is 15.5 Å². The molecule has 0 unspecified atom stereocenters. The number of carbonyl (C=O) groups is 2. The van der Waals surface area contributed by atoms with Gasteiger partial charge in [-0.25, -0.2) is 5.48 Å². The molecule has 0 aliphatic carbocycles. The number of amides is 2. The highest BCUT2D eigenvalue weighted by molar-refractivity contribution is 7.99. The smallest absolute Gasteiger partial charge is 0.243 e. The monoisotopic (exact) mass is 656 g/mol. The second-order valence-corrected chi connectivity index (χ2v) is 12.4. The van der Waals surface area contributed by atoms with E-state index < -0.39 is 12.2 Å². The molecule has 1 aliphatic heterocycles. The second kappa shape index (κ2) is 17.1. The summed E-state index contributed by atoms with van der Waals surface area (Å²) >= 11 is 1.70. The van der Waals surface area contributed by atoms with Crippen LogP contribution in [0.15, 0.2) is 102 Å². The number of hydrogen-bond donors (Lipinski definition) is 4. The third-order valence-electron chi connectivity index (χ3n) is 7.95. The molecule has 246 valence electrons. The number of hydrogen-bond acceptors (Lipinski definition) is 8. The predicted molar refractivity (Wildman–Crippen MR) is 180 cm³/mol. The van der Waals surface area contributed by atoms with E-state index in [0.29, 0.717) is 25.1 Å². The Morgan fingerprint density at radius 3 is 2.36 bits per heavy atom. The molecule has 1 fully saturated rings. The van der Waals surface area contributed by atoms with E-state index in [-0.39, 0.29) is 37.6 Å². The van der Waals surface area contributed by atoms with Gasteiger partial charge in [0.15, 0.2) is 6.29 Å². The molecule has 0 spiro atoms. The van der Waals surface area contributed by atoms with Gasteiger partial charge in [-0.05, 0) is 58.5 Å². The van der Waals surface area contributed by atoms with Crippen molar-refractivity contribution >= 4 is 23.6 Å². The van der Waals surface area contributed by atoms with Crippen molar-refractivity contribution in [3.63, 3.8) is 0 Å². The molecule has 1 aliphatic rings. The van der Waals surface area contributed by atoms with Gasteiger partial charge in [0, 0.05) is 42.0 Å². The fourth-order valence-electron chi connectivity index (χ4n) is 5.42. The molecule has 10 heteroatoms. The summed E-state index contributed by atoms with van der Waals surface area (Å²) in [6.45, 7) is 0.345. The van der Waals surface area contributed by atoms with Crippen LogP contribution in [0.25, 0.3) is 11.1 Å². The van der Waals surface area contributed by atoms with Crippen LogP contribution in [-0.2, 0) is 32.2 Å². The van der Waals surface area contributed by atoms with Crippen molar-refractivity contribution in [2.75, 3.05) is 12.9 Å². The maximum absolute atomic E-state index is 12.3. The number of methoxy groups -OCH3 is 1. The van der Waals surface area contributed by atoms with Gasteiger partial charge in [-0.3, -0.25) is 14.8 Å². The third-order valence-corrected chi connectivity index (χ3v) is 9.14. The van der Waals surface area contributed by atoms with E-state index in [1.165, 1.54) is 0 Å². The van der Waals surface area contributed by atoms with Gasteiger partial charge in [-0.15, -0.1) is 11.8 Å². The summed E-state index contributed by atoms with van der Waals surface area (Å²) in [6.07, 6.45) is 0.428. The van der Waals surface area contributed by atoms with Crippen molar-refractivity contribution in [2.45, 2.75) is 62.2 Å². The molecule has 4 aromatic rings. The zero-order chi connectivity index (χ0) is 33.0. The maximum atomic E-state index is 12.3. The zero-order valence-corrected chi connectivity index (χ0v) is 27.1. The molecule has 3 atom stereocenters. The van der Waals surface area contributed by atoms with Crippen LogP contribution in [0.3, 0.4) is 0 Å². The molecular weight excluding hydrogens is 616 g/mol. The molecular formula is C37H40N2O7S. The fraction of sp³-hybridized carbons (Fsp3) is 0.297. The van der Waals surface area contributed by atoms with Gasteiger partial charge >= 0.3 is 0 Å². The molecule has 0 aromatic heterocycles. The number of thioether (sulfide) groups is 1. The van der Waals surface area contributed by atoms with Gasteiger partial charge in [0.2, 0.25) is 11.8 Å². The summed E-state index contributed by atoms with van der Waals surface area (Å²) in [6, 6.07) is 31.9. The van der Waals surface area contributed by atoms with Gasteiger partial charge in [0.05, 0.1) is 25.9 Å². The molecule has 1 heterocycles. The Bertz CT molecular complexity index is 1630. The summed E-state index contributed by atoms with van der Waals surface area (Å²) in [5, 5.41) is 21.0. The highest BCUT2D eigenvalue weighted by Crippen LogP contribution is 2.41. The SMILES string of the molecule is COc1ccccc1SC[C@@H]1C[C@H](c2ccc(CO)cc2)O[C@H](c2cccc(-c3cccc(CNC(=O)CCCC(=O)NO)c3)c2)O1. The summed E-state index contributed by atoms with van der Waals surface area (Å²) in [5.41, 5.74) is 7.29. The number of aliphatic hydroxyl groups excluding tert-OH is 1. The Morgan fingerprint density at radius 1 is 0.851 bits per heavy atom. The highest BCUT2D eigenvalue weighted by Gasteiger charge is 2.32. The molecule has 4 aromatic carbocycles. The predicted octanol–water partition coefficient (Wildman–Crippen LogP) is 6.48. The molecule has 5 rings (SSSR count). The maximum Gasteiger partial charge on any atom is 0.243 e. The second-order valence-electron chi connectivity index (χ2n) is 11.3. The van der Waals surface area contributed by atoms with Crippen LogP contribution in [0, 0.1) is 0 Å². The fourth-order valence-corrected chi connectivity index (χ4v) is 6.47. The molecule has 1 saturated heterocycles. The number of para-hydroxylation sites is 1. The van der Waals surface area contributed by atoms with Crippen molar-refractivity contribution < 1.29 is 34.1 Å². The number of nitrogens with one attached hydrogen (secondary N) is 2. The van der Waals surface area contributed by atoms with Crippen LogP contribution >= 0.6 is 11.8 Å². The van der Waals surface area contributed by atoms with E-state index >= 15 is 0 Å². The van der Waals surface area contributed by atoms with Crippen molar-refractivity contribution in [1.29, 1.82) is 0 Å². The molecule has 0 bridgehead atoms. The zero-order valence-electron chi connectivity index (χ0n) is 26.3. The van der Waals surface area contributed by atoms with Gasteiger partial charge in [-0.1, -0.05) is 72.8 Å². The van der Waals surface area contributed by atoms with Crippen LogP contribution in [0.1, 0.15) is 60.3 Å². The molecule has 4 N–H and O–H groups in total. The van der Waals surface area contributed by atoms with Crippen LogP contribution in [-0.4, -0.2) is 41.1 Å². The lowest BCUT2D eigenvalue weighted by atomic mass is 9.99. The summed E-state index contributed by atoms with van der Waals surface area (Å²) in [7, 11) is 1.68. The normalized spacial score (nSPS) is 17.6. The minimum absolute atomic E-state index is 0.0123. The summed E-state index contributed by atoms with van der Waals surface area (Å²) in [5.74, 6) is 0.881. The Labute approximate surface area is 279 Å². The lowest BCUT2D eigenvalue weighted by Crippen LogP contribution is -2.31. The molecule has 0 saturated carbocycles. The van der Waals surface area contributed by atoms with Crippen LogP contribution in [0.4, 0.5) is 0 Å². The van der Waals surface area contributed by atoms with Gasteiger partial charge < -0.3 is 24.6 Å². The first-order valence-electron chi connectivity index (χ1n) is 15.6. The summed E-state index contributed by atoms with van der Waals surface area (Å²) < 4.78 is 18.7. The van der Waals surface area contributed by atoms with Crippen LogP contribution in [0.5, 0.6) is 5.75 Å². The van der Waals surface area contributed by atoms with E-state index in [0.717, 1.165) is 44.0 Å². The first-order chi connectivity index (χ1) is 22.9. The number of hydroxylamine groups is 1. The minimum atomic E-state index is -0.593. The first-order valence-corrected chi connectivity index (χ1v) is 16.6.